The summed E-state index contributed by atoms with van der Waals surface area (Å²) in [5.41, 5.74) is 0.713. The fourth-order valence-electron chi connectivity index (χ4n) is 1.39. The lowest BCUT2D eigenvalue weighted by Gasteiger charge is -2.00. The van der Waals surface area contributed by atoms with Crippen LogP contribution in [0.5, 0.6) is 0 Å². The zero-order chi connectivity index (χ0) is 13.1. The van der Waals surface area contributed by atoms with Crippen molar-refractivity contribution in [2.24, 2.45) is 0 Å². The van der Waals surface area contributed by atoms with Crippen molar-refractivity contribution in [1.29, 1.82) is 0 Å². The number of aldehydes is 1. The molecule has 0 saturated heterocycles. The van der Waals surface area contributed by atoms with Crippen LogP contribution in [-0.4, -0.2) is 33.4 Å². The summed E-state index contributed by atoms with van der Waals surface area (Å²) in [4.78, 5) is 11.0. The summed E-state index contributed by atoms with van der Waals surface area (Å²) < 4.78 is 6.25. The summed E-state index contributed by atoms with van der Waals surface area (Å²) in [7, 11) is 1.50. The Balaban J connectivity index is 2.51. The Labute approximate surface area is 112 Å². The lowest BCUT2D eigenvalue weighted by atomic mass is 10.3. The van der Waals surface area contributed by atoms with Crippen molar-refractivity contribution in [3.8, 4) is 5.82 Å². The number of methoxy groups -OCH3 is 1. The monoisotopic (exact) mass is 286 g/mol. The van der Waals surface area contributed by atoms with Gasteiger partial charge < -0.3 is 4.74 Å². The predicted molar refractivity (Wildman–Crippen MR) is 65.3 cm³/mol. The van der Waals surface area contributed by atoms with E-state index in [9.17, 15) is 4.79 Å². The molecule has 0 aromatic carbocycles. The molecule has 0 radical (unpaired) electrons. The standard InChI is InChI=1S/C10H8Cl2N4O2/c1-18-5-7-6(4-17)10(12)16(15-7)9-3-2-8(11)13-14-9/h2-4H,5H2,1H3. The molecule has 2 rings (SSSR count). The average Bonchev–Trinajstić information content (AvgIpc) is 2.67. The van der Waals surface area contributed by atoms with Crippen LogP contribution in [-0.2, 0) is 11.3 Å². The molecule has 8 heteroatoms. The number of halogens is 2. The molecule has 0 unspecified atom stereocenters. The van der Waals surface area contributed by atoms with Gasteiger partial charge in [0.05, 0.1) is 12.2 Å². The van der Waals surface area contributed by atoms with Crippen LogP contribution in [0.4, 0.5) is 0 Å². The highest BCUT2D eigenvalue weighted by Gasteiger charge is 2.17. The van der Waals surface area contributed by atoms with E-state index >= 15 is 0 Å². The van der Waals surface area contributed by atoms with Gasteiger partial charge in [-0.3, -0.25) is 4.79 Å². The van der Waals surface area contributed by atoms with E-state index in [1.54, 1.807) is 12.1 Å². The summed E-state index contributed by atoms with van der Waals surface area (Å²) in [6.45, 7) is 0.182. The Morgan fingerprint density at radius 2 is 2.17 bits per heavy atom. The number of aromatic nitrogens is 4. The number of rotatable bonds is 4. The van der Waals surface area contributed by atoms with E-state index in [-0.39, 0.29) is 22.5 Å². The van der Waals surface area contributed by atoms with Crippen molar-refractivity contribution in [3.05, 3.63) is 33.7 Å². The fourth-order valence-corrected chi connectivity index (χ4v) is 1.76. The van der Waals surface area contributed by atoms with Crippen molar-refractivity contribution < 1.29 is 9.53 Å². The predicted octanol–water partition coefficient (Wildman–Crippen LogP) is 1.93. The molecule has 0 N–H and O–H groups in total. The normalized spacial score (nSPS) is 10.6. The highest BCUT2D eigenvalue weighted by atomic mass is 35.5. The van der Waals surface area contributed by atoms with E-state index in [4.69, 9.17) is 27.9 Å². The molecule has 0 spiro atoms. The zero-order valence-electron chi connectivity index (χ0n) is 9.30. The third-order valence-electron chi connectivity index (χ3n) is 2.17. The Hall–Kier alpha value is -1.50. The van der Waals surface area contributed by atoms with Crippen molar-refractivity contribution in [3.63, 3.8) is 0 Å². The van der Waals surface area contributed by atoms with E-state index in [0.717, 1.165) is 0 Å². The van der Waals surface area contributed by atoms with Crippen molar-refractivity contribution in [1.82, 2.24) is 20.0 Å². The van der Waals surface area contributed by atoms with Gasteiger partial charge in [-0.1, -0.05) is 23.2 Å². The molecule has 0 saturated carbocycles. The Bertz CT molecular complexity index is 568. The fraction of sp³-hybridized carbons (Fsp3) is 0.200. The van der Waals surface area contributed by atoms with Gasteiger partial charge in [0.2, 0.25) is 0 Å². The lowest BCUT2D eigenvalue weighted by Crippen LogP contribution is -2.02. The van der Waals surface area contributed by atoms with E-state index in [0.29, 0.717) is 17.8 Å². The Morgan fingerprint density at radius 1 is 1.39 bits per heavy atom. The van der Waals surface area contributed by atoms with Crippen LogP contribution in [0.25, 0.3) is 5.82 Å². The van der Waals surface area contributed by atoms with Gasteiger partial charge in [-0.15, -0.1) is 10.2 Å². The molecule has 94 valence electrons. The Kier molecular flexibility index (Phi) is 3.90. The maximum atomic E-state index is 11.0. The molecule has 18 heavy (non-hydrogen) atoms. The topological polar surface area (TPSA) is 69.9 Å². The molecule has 0 amide bonds. The number of ether oxygens (including phenoxy) is 1. The SMILES string of the molecule is COCc1nn(-c2ccc(Cl)nn2)c(Cl)c1C=O. The molecule has 0 fully saturated rings. The van der Waals surface area contributed by atoms with Crippen molar-refractivity contribution >= 4 is 29.5 Å². The maximum Gasteiger partial charge on any atom is 0.177 e. The van der Waals surface area contributed by atoms with Gasteiger partial charge in [-0.05, 0) is 12.1 Å². The summed E-state index contributed by atoms with van der Waals surface area (Å²) in [5, 5.41) is 12.1. The van der Waals surface area contributed by atoms with Crippen LogP contribution in [0, 0.1) is 0 Å². The molecule has 0 aliphatic heterocycles. The molecule has 0 aliphatic rings. The quantitative estimate of drug-likeness (QED) is 0.803. The van der Waals surface area contributed by atoms with Crippen LogP contribution in [0.1, 0.15) is 16.1 Å². The highest BCUT2D eigenvalue weighted by molar-refractivity contribution is 6.32. The third-order valence-corrected chi connectivity index (χ3v) is 2.74. The minimum Gasteiger partial charge on any atom is -0.378 e. The lowest BCUT2D eigenvalue weighted by molar-refractivity contribution is 0.111. The molecule has 0 atom stereocenters. The first-order valence-corrected chi connectivity index (χ1v) is 5.64. The minimum atomic E-state index is 0.161. The second-order valence-electron chi connectivity index (χ2n) is 3.33. The van der Waals surface area contributed by atoms with E-state index in [1.165, 1.54) is 11.8 Å². The van der Waals surface area contributed by atoms with Gasteiger partial charge in [-0.2, -0.15) is 5.10 Å². The number of carbonyl (C=O) groups excluding carboxylic acids is 1. The van der Waals surface area contributed by atoms with E-state index in [1.807, 2.05) is 0 Å². The van der Waals surface area contributed by atoms with Crippen LogP contribution in [0.3, 0.4) is 0 Å². The first kappa shape index (κ1) is 12.9. The molecule has 0 aliphatic carbocycles. The van der Waals surface area contributed by atoms with Gasteiger partial charge >= 0.3 is 0 Å². The second-order valence-corrected chi connectivity index (χ2v) is 4.07. The van der Waals surface area contributed by atoms with Gasteiger partial charge in [-0.25, -0.2) is 4.68 Å². The summed E-state index contributed by atoms with van der Waals surface area (Å²) in [5.74, 6) is 0.370. The molecule has 2 heterocycles. The highest BCUT2D eigenvalue weighted by Crippen LogP contribution is 2.22. The number of nitrogens with zero attached hydrogens (tertiary/aromatic N) is 4. The number of hydrogen-bond acceptors (Lipinski definition) is 5. The van der Waals surface area contributed by atoms with Crippen molar-refractivity contribution in [2.45, 2.75) is 6.61 Å². The third kappa shape index (κ3) is 2.35. The average molecular weight is 287 g/mol. The second kappa shape index (κ2) is 5.43. The number of carbonyl (C=O) groups is 1. The van der Waals surface area contributed by atoms with Crippen LogP contribution < -0.4 is 0 Å². The maximum absolute atomic E-state index is 11.0. The van der Waals surface area contributed by atoms with Crippen LogP contribution >= 0.6 is 23.2 Å². The number of hydrogen-bond donors (Lipinski definition) is 0. The molecule has 2 aromatic heterocycles. The first-order chi connectivity index (χ1) is 8.67. The van der Waals surface area contributed by atoms with Gasteiger partial charge in [0, 0.05) is 7.11 Å². The van der Waals surface area contributed by atoms with Gasteiger partial charge in [0.15, 0.2) is 17.3 Å². The summed E-state index contributed by atoms with van der Waals surface area (Å²) >= 11 is 11.7. The smallest absolute Gasteiger partial charge is 0.177 e. The zero-order valence-corrected chi connectivity index (χ0v) is 10.8. The largest absolute Gasteiger partial charge is 0.378 e. The first-order valence-electron chi connectivity index (χ1n) is 4.88. The molecule has 2 aromatic rings. The summed E-state index contributed by atoms with van der Waals surface area (Å²) in [6.07, 6.45) is 0.629. The molecule has 6 nitrogen and oxygen atoms in total. The Morgan fingerprint density at radius 3 is 2.72 bits per heavy atom. The molecular weight excluding hydrogens is 279 g/mol. The van der Waals surface area contributed by atoms with Gasteiger partial charge in [0.1, 0.15) is 10.8 Å². The minimum absolute atomic E-state index is 0.161. The van der Waals surface area contributed by atoms with Crippen molar-refractivity contribution in [2.75, 3.05) is 7.11 Å². The van der Waals surface area contributed by atoms with E-state index < -0.39 is 0 Å². The van der Waals surface area contributed by atoms with Crippen LogP contribution in [0.2, 0.25) is 10.3 Å². The van der Waals surface area contributed by atoms with E-state index in [2.05, 4.69) is 15.3 Å². The molecular formula is C10H8Cl2N4O2. The van der Waals surface area contributed by atoms with Gasteiger partial charge in [0.25, 0.3) is 0 Å². The van der Waals surface area contributed by atoms with Crippen LogP contribution in [0.15, 0.2) is 12.1 Å². The molecule has 0 bridgehead atoms. The summed E-state index contributed by atoms with van der Waals surface area (Å²) in [6, 6.07) is 3.15.